The number of pyridine rings is 1. The molecule has 0 saturated heterocycles. The van der Waals surface area contributed by atoms with Crippen molar-refractivity contribution in [1.29, 1.82) is 0 Å². The van der Waals surface area contributed by atoms with E-state index in [1.807, 2.05) is 0 Å². The van der Waals surface area contributed by atoms with Crippen LogP contribution in [0.5, 0.6) is 0 Å². The average Bonchev–Trinajstić information content (AvgIpc) is 2.88. The summed E-state index contributed by atoms with van der Waals surface area (Å²) < 4.78 is 5.08. The van der Waals surface area contributed by atoms with Crippen LogP contribution >= 0.6 is 11.6 Å². The molecule has 1 heterocycles. The van der Waals surface area contributed by atoms with Gasteiger partial charge in [0.1, 0.15) is 12.2 Å². The van der Waals surface area contributed by atoms with Crippen LogP contribution in [-0.2, 0) is 14.3 Å². The van der Waals surface area contributed by atoms with Gasteiger partial charge in [0.2, 0.25) is 0 Å². The lowest BCUT2D eigenvalue weighted by Gasteiger charge is -2.19. The molecule has 1 saturated carbocycles. The Balaban J connectivity index is 1.73. The zero-order valence-electron chi connectivity index (χ0n) is 14.8. The summed E-state index contributed by atoms with van der Waals surface area (Å²) in [7, 11) is 0. The van der Waals surface area contributed by atoms with Crippen LogP contribution in [-0.4, -0.2) is 41.5 Å². The van der Waals surface area contributed by atoms with Crippen LogP contribution in [0.3, 0.4) is 0 Å². The highest BCUT2D eigenvalue weighted by molar-refractivity contribution is 6.30. The van der Waals surface area contributed by atoms with E-state index in [0.29, 0.717) is 5.02 Å². The second-order valence-corrected chi connectivity index (χ2v) is 6.81. The number of rotatable bonds is 6. The summed E-state index contributed by atoms with van der Waals surface area (Å²) in [4.78, 5) is 39.8. The normalized spacial score (nSPS) is 16.2. The quantitative estimate of drug-likeness (QED) is 0.581. The second kappa shape index (κ2) is 10.1. The van der Waals surface area contributed by atoms with E-state index < -0.39 is 18.0 Å². The zero-order chi connectivity index (χ0) is 18.9. The largest absolute Gasteiger partial charge is 0.451 e. The Labute approximate surface area is 157 Å². The number of carbonyl (C=O) groups excluding carboxylic acids is 3. The molecule has 1 aliphatic carbocycles. The molecule has 1 atom stereocenters. The van der Waals surface area contributed by atoms with Crippen molar-refractivity contribution in [2.45, 2.75) is 57.6 Å². The fourth-order valence-electron chi connectivity index (χ4n) is 2.81. The molecule has 0 bridgehead atoms. The summed E-state index contributed by atoms with van der Waals surface area (Å²) in [6.45, 7) is 1.17. The first kappa shape index (κ1) is 20.2. The summed E-state index contributed by atoms with van der Waals surface area (Å²) in [6.07, 6.45) is 6.98. The molecular formula is C18H24ClN3O4. The standard InChI is InChI=1S/C18H24ClN3O4/c1-12(17(24)22-14-6-4-2-3-5-7-14)26-16(23)11-21-18(25)15-10-13(19)8-9-20-15/h8-10,12,14H,2-7,11H2,1H3,(H,21,25)(H,22,24)/t12-/m0/s1. The molecular weight excluding hydrogens is 358 g/mol. The molecule has 2 N–H and O–H groups in total. The van der Waals surface area contributed by atoms with E-state index in [0.717, 1.165) is 25.7 Å². The molecule has 1 aliphatic rings. The number of halogens is 1. The lowest BCUT2D eigenvalue weighted by Crippen LogP contribution is -2.43. The molecule has 0 unspecified atom stereocenters. The average molecular weight is 382 g/mol. The Bertz CT molecular complexity index is 645. The van der Waals surface area contributed by atoms with E-state index in [1.54, 1.807) is 6.07 Å². The molecule has 0 aromatic carbocycles. The molecule has 26 heavy (non-hydrogen) atoms. The minimum atomic E-state index is -0.910. The number of hydrogen-bond donors (Lipinski definition) is 2. The van der Waals surface area contributed by atoms with Crippen molar-refractivity contribution in [2.24, 2.45) is 0 Å². The van der Waals surface area contributed by atoms with E-state index >= 15 is 0 Å². The topological polar surface area (TPSA) is 97.4 Å². The van der Waals surface area contributed by atoms with Gasteiger partial charge in [-0.3, -0.25) is 19.4 Å². The third-order valence-corrected chi connectivity index (χ3v) is 4.46. The van der Waals surface area contributed by atoms with Crippen molar-refractivity contribution < 1.29 is 19.1 Å². The fourth-order valence-corrected chi connectivity index (χ4v) is 2.97. The highest BCUT2D eigenvalue weighted by Crippen LogP contribution is 2.17. The predicted molar refractivity (Wildman–Crippen MR) is 96.8 cm³/mol. The zero-order valence-corrected chi connectivity index (χ0v) is 15.6. The Morgan fingerprint density at radius 2 is 1.96 bits per heavy atom. The summed E-state index contributed by atoms with van der Waals surface area (Å²) in [5, 5.41) is 5.70. The Hall–Kier alpha value is -2.15. The number of carbonyl (C=O) groups is 3. The van der Waals surface area contributed by atoms with E-state index in [4.69, 9.17) is 16.3 Å². The van der Waals surface area contributed by atoms with Crippen molar-refractivity contribution in [3.05, 3.63) is 29.0 Å². The molecule has 7 nitrogen and oxygen atoms in total. The lowest BCUT2D eigenvalue weighted by molar-refractivity contribution is -0.154. The first-order valence-electron chi connectivity index (χ1n) is 8.85. The SMILES string of the molecule is C[C@H](OC(=O)CNC(=O)c1cc(Cl)ccn1)C(=O)NC1CCCCCC1. The van der Waals surface area contributed by atoms with Crippen LogP contribution in [0.15, 0.2) is 18.3 Å². The number of nitrogens with one attached hydrogen (secondary N) is 2. The number of hydrogen-bond acceptors (Lipinski definition) is 5. The Morgan fingerprint density at radius 1 is 1.27 bits per heavy atom. The molecule has 1 fully saturated rings. The molecule has 142 valence electrons. The van der Waals surface area contributed by atoms with Crippen LogP contribution in [0.1, 0.15) is 55.9 Å². The van der Waals surface area contributed by atoms with Gasteiger partial charge >= 0.3 is 5.97 Å². The first-order chi connectivity index (χ1) is 12.5. The maximum Gasteiger partial charge on any atom is 0.326 e. The van der Waals surface area contributed by atoms with E-state index in [1.165, 1.54) is 32.0 Å². The molecule has 2 amide bonds. The van der Waals surface area contributed by atoms with Crippen molar-refractivity contribution in [3.63, 3.8) is 0 Å². The molecule has 0 radical (unpaired) electrons. The van der Waals surface area contributed by atoms with Crippen molar-refractivity contribution in [3.8, 4) is 0 Å². The summed E-state index contributed by atoms with van der Waals surface area (Å²) >= 11 is 5.79. The third kappa shape index (κ3) is 6.63. The fraction of sp³-hybridized carbons (Fsp3) is 0.556. The maximum atomic E-state index is 12.2. The molecule has 2 rings (SSSR count). The Morgan fingerprint density at radius 3 is 2.62 bits per heavy atom. The van der Waals surface area contributed by atoms with Gasteiger partial charge in [-0.05, 0) is 31.9 Å². The number of amides is 2. The third-order valence-electron chi connectivity index (χ3n) is 4.23. The Kier molecular flexibility index (Phi) is 7.84. The monoisotopic (exact) mass is 381 g/mol. The summed E-state index contributed by atoms with van der Waals surface area (Å²) in [5.41, 5.74) is 0.101. The molecule has 1 aromatic rings. The van der Waals surface area contributed by atoms with Crippen molar-refractivity contribution >= 4 is 29.4 Å². The second-order valence-electron chi connectivity index (χ2n) is 6.37. The summed E-state index contributed by atoms with van der Waals surface area (Å²) in [6, 6.07) is 3.08. The minimum absolute atomic E-state index is 0.101. The van der Waals surface area contributed by atoms with Gasteiger partial charge < -0.3 is 15.4 Å². The lowest BCUT2D eigenvalue weighted by atomic mass is 10.1. The highest BCUT2D eigenvalue weighted by atomic mass is 35.5. The summed E-state index contributed by atoms with van der Waals surface area (Å²) in [5.74, 6) is -1.54. The highest BCUT2D eigenvalue weighted by Gasteiger charge is 2.22. The number of esters is 1. The van der Waals surface area contributed by atoms with E-state index in [-0.39, 0.29) is 24.2 Å². The number of nitrogens with zero attached hydrogens (tertiary/aromatic N) is 1. The van der Waals surface area contributed by atoms with E-state index in [9.17, 15) is 14.4 Å². The van der Waals surface area contributed by atoms with Gasteiger partial charge in [0.25, 0.3) is 11.8 Å². The predicted octanol–water partition coefficient (Wildman–Crippen LogP) is 2.24. The smallest absolute Gasteiger partial charge is 0.326 e. The van der Waals surface area contributed by atoms with Gasteiger partial charge in [0, 0.05) is 17.3 Å². The van der Waals surface area contributed by atoms with Crippen molar-refractivity contribution in [1.82, 2.24) is 15.6 Å². The molecule has 0 spiro atoms. The van der Waals surface area contributed by atoms with Crippen LogP contribution < -0.4 is 10.6 Å². The van der Waals surface area contributed by atoms with Crippen LogP contribution in [0.4, 0.5) is 0 Å². The molecule has 8 heteroatoms. The number of ether oxygens (including phenoxy) is 1. The van der Waals surface area contributed by atoms with Gasteiger partial charge in [0.05, 0.1) is 0 Å². The minimum Gasteiger partial charge on any atom is -0.451 e. The van der Waals surface area contributed by atoms with Gasteiger partial charge in [-0.1, -0.05) is 37.3 Å². The maximum absolute atomic E-state index is 12.2. The van der Waals surface area contributed by atoms with Crippen LogP contribution in [0.2, 0.25) is 5.02 Å². The van der Waals surface area contributed by atoms with Crippen LogP contribution in [0, 0.1) is 0 Å². The first-order valence-corrected chi connectivity index (χ1v) is 9.23. The van der Waals surface area contributed by atoms with E-state index in [2.05, 4.69) is 15.6 Å². The van der Waals surface area contributed by atoms with Gasteiger partial charge in [-0.15, -0.1) is 0 Å². The van der Waals surface area contributed by atoms with Gasteiger partial charge in [-0.2, -0.15) is 0 Å². The molecule has 1 aromatic heterocycles. The number of aromatic nitrogens is 1. The van der Waals surface area contributed by atoms with Crippen LogP contribution in [0.25, 0.3) is 0 Å². The van der Waals surface area contributed by atoms with Crippen molar-refractivity contribution in [2.75, 3.05) is 6.54 Å². The molecule has 0 aliphatic heterocycles. The van der Waals surface area contributed by atoms with Gasteiger partial charge in [-0.25, -0.2) is 0 Å². The van der Waals surface area contributed by atoms with Gasteiger partial charge in [0.15, 0.2) is 6.10 Å².